The zero-order chi connectivity index (χ0) is 9.26. The fraction of sp³-hybridized carbons (Fsp3) is 0.333. The summed E-state index contributed by atoms with van der Waals surface area (Å²) in [4.78, 5) is 17.5. The number of rotatable bonds is 2. The highest BCUT2D eigenvalue weighted by molar-refractivity contribution is 5.97. The van der Waals surface area contributed by atoms with Crippen LogP contribution in [0.2, 0.25) is 0 Å². The number of hydrogen-bond acceptors (Lipinski definition) is 3. The minimum Gasteiger partial charge on any atom is -0.331 e. The Hall–Kier alpha value is -0.840. The Balaban J connectivity index is 0.000000980. The number of fused-ring (bicyclic) bond motifs is 1. The van der Waals surface area contributed by atoms with E-state index < -0.39 is 0 Å². The molecule has 0 aliphatic carbocycles. The molecule has 6 heteroatoms. The maximum atomic E-state index is 11.6. The molecule has 4 nitrogen and oxygen atoms in total. The van der Waals surface area contributed by atoms with Gasteiger partial charge in [0.2, 0.25) is 0 Å². The molecule has 1 amide bonds. The SMILES string of the molecule is Cl.Cl.NCCN1Cc2ncccc2C1=O. The molecule has 0 atom stereocenters. The summed E-state index contributed by atoms with van der Waals surface area (Å²) in [5.41, 5.74) is 6.97. The first-order valence-electron chi connectivity index (χ1n) is 4.26. The second kappa shape index (κ2) is 5.90. The van der Waals surface area contributed by atoms with Crippen molar-refractivity contribution in [2.24, 2.45) is 5.73 Å². The lowest BCUT2D eigenvalue weighted by atomic mass is 10.2. The Morgan fingerprint density at radius 2 is 2.20 bits per heavy atom. The third-order valence-corrected chi connectivity index (χ3v) is 2.15. The second-order valence-corrected chi connectivity index (χ2v) is 3.01. The summed E-state index contributed by atoms with van der Waals surface area (Å²) < 4.78 is 0. The topological polar surface area (TPSA) is 59.2 Å². The molecule has 2 heterocycles. The smallest absolute Gasteiger partial charge is 0.256 e. The van der Waals surface area contributed by atoms with Gasteiger partial charge in [0.1, 0.15) is 0 Å². The van der Waals surface area contributed by atoms with Crippen molar-refractivity contribution in [3.8, 4) is 0 Å². The van der Waals surface area contributed by atoms with E-state index in [-0.39, 0.29) is 30.7 Å². The fourth-order valence-electron chi connectivity index (χ4n) is 1.52. The number of amides is 1. The largest absolute Gasteiger partial charge is 0.331 e. The van der Waals surface area contributed by atoms with Crippen LogP contribution in [-0.4, -0.2) is 28.9 Å². The monoisotopic (exact) mass is 249 g/mol. The van der Waals surface area contributed by atoms with Crippen molar-refractivity contribution in [3.05, 3.63) is 29.6 Å². The van der Waals surface area contributed by atoms with Gasteiger partial charge in [-0.3, -0.25) is 9.78 Å². The third-order valence-electron chi connectivity index (χ3n) is 2.15. The van der Waals surface area contributed by atoms with Crippen molar-refractivity contribution in [2.75, 3.05) is 13.1 Å². The average molecular weight is 250 g/mol. The van der Waals surface area contributed by atoms with Crippen LogP contribution in [0.15, 0.2) is 18.3 Å². The van der Waals surface area contributed by atoms with E-state index in [0.717, 1.165) is 11.3 Å². The van der Waals surface area contributed by atoms with Crippen LogP contribution in [0, 0.1) is 0 Å². The Kier molecular flexibility index (Phi) is 5.57. The van der Waals surface area contributed by atoms with Crippen LogP contribution < -0.4 is 5.73 Å². The third kappa shape index (κ3) is 2.59. The molecule has 1 aliphatic heterocycles. The van der Waals surface area contributed by atoms with Gasteiger partial charge in [0.15, 0.2) is 0 Å². The summed E-state index contributed by atoms with van der Waals surface area (Å²) in [6, 6.07) is 3.59. The molecule has 84 valence electrons. The molecule has 1 aliphatic rings. The highest BCUT2D eigenvalue weighted by Gasteiger charge is 2.26. The summed E-state index contributed by atoms with van der Waals surface area (Å²) in [5.74, 6) is 0.0496. The lowest BCUT2D eigenvalue weighted by Crippen LogP contribution is -2.29. The Bertz CT molecular complexity index is 346. The van der Waals surface area contributed by atoms with Crippen LogP contribution in [0.4, 0.5) is 0 Å². The molecule has 0 saturated heterocycles. The van der Waals surface area contributed by atoms with Gasteiger partial charge in [-0.05, 0) is 12.1 Å². The van der Waals surface area contributed by atoms with Gasteiger partial charge in [0, 0.05) is 19.3 Å². The summed E-state index contributed by atoms with van der Waals surface area (Å²) >= 11 is 0. The van der Waals surface area contributed by atoms with Crippen LogP contribution >= 0.6 is 24.8 Å². The van der Waals surface area contributed by atoms with Crippen molar-refractivity contribution >= 4 is 30.7 Å². The quantitative estimate of drug-likeness (QED) is 0.846. The van der Waals surface area contributed by atoms with E-state index in [0.29, 0.717) is 19.6 Å². The number of nitrogens with zero attached hydrogens (tertiary/aromatic N) is 2. The van der Waals surface area contributed by atoms with Gasteiger partial charge in [-0.25, -0.2) is 0 Å². The Morgan fingerprint density at radius 1 is 1.47 bits per heavy atom. The summed E-state index contributed by atoms with van der Waals surface area (Å²) in [6.45, 7) is 1.71. The molecule has 0 spiro atoms. The van der Waals surface area contributed by atoms with Crippen LogP contribution in [0.1, 0.15) is 16.1 Å². The summed E-state index contributed by atoms with van der Waals surface area (Å²) in [5, 5.41) is 0. The highest BCUT2D eigenvalue weighted by Crippen LogP contribution is 2.19. The maximum Gasteiger partial charge on any atom is 0.256 e. The predicted octanol–water partition coefficient (Wildman–Crippen LogP) is 0.840. The van der Waals surface area contributed by atoms with Crippen LogP contribution in [-0.2, 0) is 6.54 Å². The molecule has 0 saturated carbocycles. The van der Waals surface area contributed by atoms with Gasteiger partial charge in [0.05, 0.1) is 17.8 Å². The second-order valence-electron chi connectivity index (χ2n) is 3.01. The van der Waals surface area contributed by atoms with Crippen LogP contribution in [0.25, 0.3) is 0 Å². The molecule has 0 aromatic carbocycles. The molecule has 1 aromatic rings. The summed E-state index contributed by atoms with van der Waals surface area (Å²) in [7, 11) is 0. The molecule has 0 unspecified atom stereocenters. The van der Waals surface area contributed by atoms with E-state index in [2.05, 4.69) is 4.98 Å². The fourth-order valence-corrected chi connectivity index (χ4v) is 1.52. The lowest BCUT2D eigenvalue weighted by Gasteiger charge is -2.12. The van der Waals surface area contributed by atoms with E-state index in [1.54, 1.807) is 23.2 Å². The highest BCUT2D eigenvalue weighted by atomic mass is 35.5. The van der Waals surface area contributed by atoms with Gasteiger partial charge in [-0.2, -0.15) is 0 Å². The Labute approximate surface area is 101 Å². The maximum absolute atomic E-state index is 11.6. The van der Waals surface area contributed by atoms with E-state index in [9.17, 15) is 4.79 Å². The zero-order valence-electron chi connectivity index (χ0n) is 8.05. The molecule has 2 rings (SSSR count). The zero-order valence-corrected chi connectivity index (χ0v) is 9.68. The molecular weight excluding hydrogens is 237 g/mol. The van der Waals surface area contributed by atoms with E-state index in [1.165, 1.54) is 0 Å². The number of aromatic nitrogens is 1. The molecule has 0 radical (unpaired) electrons. The van der Waals surface area contributed by atoms with Crippen molar-refractivity contribution in [2.45, 2.75) is 6.54 Å². The average Bonchev–Trinajstić information content (AvgIpc) is 2.46. The lowest BCUT2D eigenvalue weighted by molar-refractivity contribution is 0.0783. The van der Waals surface area contributed by atoms with Crippen molar-refractivity contribution in [1.29, 1.82) is 0 Å². The molecule has 15 heavy (non-hydrogen) atoms. The number of nitrogens with two attached hydrogens (primary N) is 1. The number of carbonyl (C=O) groups excluding carboxylic acids is 1. The molecule has 1 aromatic heterocycles. The number of halogens is 2. The number of carbonyl (C=O) groups is 1. The first-order chi connectivity index (χ1) is 6.33. The molecule has 0 bridgehead atoms. The standard InChI is InChI=1S/C9H11N3O.2ClH/c10-3-5-12-6-8-7(9(12)13)2-1-4-11-8;;/h1-2,4H,3,5-6,10H2;2*1H. The normalized spacial score (nSPS) is 12.9. The molecular formula is C9H13Cl2N3O. The molecule has 0 fully saturated rings. The van der Waals surface area contributed by atoms with Gasteiger partial charge in [-0.15, -0.1) is 24.8 Å². The minimum atomic E-state index is 0. The number of pyridine rings is 1. The summed E-state index contributed by atoms with van der Waals surface area (Å²) in [6.07, 6.45) is 1.71. The first kappa shape index (κ1) is 14.2. The van der Waals surface area contributed by atoms with Crippen LogP contribution in [0.5, 0.6) is 0 Å². The van der Waals surface area contributed by atoms with E-state index in [1.807, 2.05) is 0 Å². The number of hydrogen-bond donors (Lipinski definition) is 1. The van der Waals surface area contributed by atoms with Crippen molar-refractivity contribution < 1.29 is 4.79 Å². The first-order valence-corrected chi connectivity index (χ1v) is 4.26. The predicted molar refractivity (Wildman–Crippen MR) is 62.5 cm³/mol. The molecule has 2 N–H and O–H groups in total. The minimum absolute atomic E-state index is 0. The van der Waals surface area contributed by atoms with Crippen molar-refractivity contribution in [3.63, 3.8) is 0 Å². The van der Waals surface area contributed by atoms with Gasteiger partial charge < -0.3 is 10.6 Å². The van der Waals surface area contributed by atoms with Gasteiger partial charge in [-0.1, -0.05) is 0 Å². The van der Waals surface area contributed by atoms with E-state index in [4.69, 9.17) is 5.73 Å². The Morgan fingerprint density at radius 3 is 2.80 bits per heavy atom. The van der Waals surface area contributed by atoms with Gasteiger partial charge in [0.25, 0.3) is 5.91 Å². The van der Waals surface area contributed by atoms with Gasteiger partial charge >= 0.3 is 0 Å². The van der Waals surface area contributed by atoms with Crippen LogP contribution in [0.3, 0.4) is 0 Å². The van der Waals surface area contributed by atoms with E-state index >= 15 is 0 Å². The van der Waals surface area contributed by atoms with Crippen molar-refractivity contribution in [1.82, 2.24) is 9.88 Å².